The monoisotopic (exact) mass is 372 g/mol. The number of hydrogen-bond acceptors (Lipinski definition) is 5. The van der Waals surface area contributed by atoms with E-state index in [4.69, 9.17) is 10.5 Å². The number of nitro groups is 1. The largest absolute Gasteiger partial charge is 0.482 e. The molecule has 2 aromatic carbocycles. The van der Waals surface area contributed by atoms with Crippen LogP contribution in [0.15, 0.2) is 48.5 Å². The molecule has 0 radical (unpaired) electrons. The SMILES string of the molecule is CC(C)(C[C@@H](N)Cc1ccc(OCc2ccccc2)c([N+](=O)[O-])c1)C(=O)O. The zero-order valence-electron chi connectivity index (χ0n) is 15.4. The fraction of sp³-hybridized carbons (Fsp3) is 0.350. The number of nitrogens with zero attached hydrogens (tertiary/aromatic N) is 1. The molecule has 1 atom stereocenters. The van der Waals surface area contributed by atoms with Crippen molar-refractivity contribution < 1.29 is 19.6 Å². The number of nitrogens with two attached hydrogens (primary N) is 1. The smallest absolute Gasteiger partial charge is 0.311 e. The first-order valence-corrected chi connectivity index (χ1v) is 8.62. The number of aliphatic carboxylic acids is 1. The molecule has 0 aliphatic heterocycles. The number of ether oxygens (including phenoxy) is 1. The molecule has 144 valence electrons. The highest BCUT2D eigenvalue weighted by Gasteiger charge is 2.29. The average Bonchev–Trinajstić information content (AvgIpc) is 2.60. The first-order chi connectivity index (χ1) is 12.7. The van der Waals surface area contributed by atoms with Gasteiger partial charge in [0.2, 0.25) is 0 Å². The molecule has 7 heteroatoms. The molecule has 0 saturated heterocycles. The predicted octanol–water partition coefficient (Wildman–Crippen LogP) is 3.54. The minimum absolute atomic E-state index is 0.131. The Morgan fingerprint density at radius 3 is 2.48 bits per heavy atom. The van der Waals surface area contributed by atoms with Gasteiger partial charge in [-0.15, -0.1) is 0 Å². The molecule has 0 aliphatic rings. The Hall–Kier alpha value is -2.93. The number of hydrogen-bond donors (Lipinski definition) is 2. The van der Waals surface area contributed by atoms with Crippen molar-refractivity contribution in [2.75, 3.05) is 0 Å². The van der Waals surface area contributed by atoms with E-state index in [1.54, 1.807) is 26.0 Å². The Morgan fingerprint density at radius 2 is 1.89 bits per heavy atom. The first kappa shape index (κ1) is 20.4. The number of carboxylic acid groups (broad SMARTS) is 1. The maximum absolute atomic E-state index is 11.4. The molecule has 7 nitrogen and oxygen atoms in total. The number of carbonyl (C=O) groups is 1. The molecule has 0 saturated carbocycles. The van der Waals surface area contributed by atoms with Crippen molar-refractivity contribution in [3.8, 4) is 5.75 Å². The van der Waals surface area contributed by atoms with Crippen molar-refractivity contribution in [2.45, 2.75) is 39.3 Å². The summed E-state index contributed by atoms with van der Waals surface area (Å²) in [5.74, 6) is -0.736. The van der Waals surface area contributed by atoms with Crippen molar-refractivity contribution in [2.24, 2.45) is 11.1 Å². The van der Waals surface area contributed by atoms with E-state index in [1.807, 2.05) is 30.3 Å². The summed E-state index contributed by atoms with van der Waals surface area (Å²) < 4.78 is 5.61. The molecule has 0 bridgehead atoms. The van der Waals surface area contributed by atoms with Crippen molar-refractivity contribution in [3.63, 3.8) is 0 Å². The summed E-state index contributed by atoms with van der Waals surface area (Å²) in [5, 5.41) is 20.6. The summed E-state index contributed by atoms with van der Waals surface area (Å²) in [5.41, 5.74) is 6.56. The topological polar surface area (TPSA) is 116 Å². The van der Waals surface area contributed by atoms with Crippen molar-refractivity contribution in [3.05, 3.63) is 69.8 Å². The van der Waals surface area contributed by atoms with Crippen LogP contribution >= 0.6 is 0 Å². The van der Waals surface area contributed by atoms with Crippen LogP contribution in [0.2, 0.25) is 0 Å². The summed E-state index contributed by atoms with van der Waals surface area (Å²) in [6.45, 7) is 3.45. The Labute approximate surface area is 157 Å². The molecule has 0 aliphatic carbocycles. The minimum atomic E-state index is -0.954. The summed E-state index contributed by atoms with van der Waals surface area (Å²) in [7, 11) is 0. The molecular weight excluding hydrogens is 348 g/mol. The molecule has 0 unspecified atom stereocenters. The van der Waals surface area contributed by atoms with E-state index in [1.165, 1.54) is 6.07 Å². The molecule has 0 spiro atoms. The second-order valence-corrected chi connectivity index (χ2v) is 7.19. The third-order valence-electron chi connectivity index (χ3n) is 4.31. The fourth-order valence-corrected chi connectivity index (χ4v) is 2.81. The Bertz CT molecular complexity index is 805. The molecule has 2 rings (SSSR count). The van der Waals surface area contributed by atoms with E-state index in [0.29, 0.717) is 12.0 Å². The van der Waals surface area contributed by atoms with Gasteiger partial charge in [-0.3, -0.25) is 14.9 Å². The number of benzene rings is 2. The van der Waals surface area contributed by atoms with Crippen LogP contribution in [0.3, 0.4) is 0 Å². The lowest BCUT2D eigenvalue weighted by Gasteiger charge is -2.23. The first-order valence-electron chi connectivity index (χ1n) is 8.62. The quantitative estimate of drug-likeness (QED) is 0.514. The van der Waals surface area contributed by atoms with E-state index in [2.05, 4.69) is 0 Å². The zero-order valence-corrected chi connectivity index (χ0v) is 15.4. The van der Waals surface area contributed by atoms with Gasteiger partial charge in [0.1, 0.15) is 6.61 Å². The van der Waals surface area contributed by atoms with Crippen LogP contribution in [0.5, 0.6) is 5.75 Å². The van der Waals surface area contributed by atoms with E-state index in [-0.39, 0.29) is 24.5 Å². The van der Waals surface area contributed by atoms with Gasteiger partial charge in [-0.2, -0.15) is 0 Å². The Kier molecular flexibility index (Phi) is 6.52. The lowest BCUT2D eigenvalue weighted by Crippen LogP contribution is -2.34. The average molecular weight is 372 g/mol. The van der Waals surface area contributed by atoms with E-state index >= 15 is 0 Å². The predicted molar refractivity (Wildman–Crippen MR) is 102 cm³/mol. The molecule has 0 aromatic heterocycles. The van der Waals surface area contributed by atoms with Crippen LogP contribution in [0.1, 0.15) is 31.4 Å². The molecular formula is C20H24N2O5. The molecule has 27 heavy (non-hydrogen) atoms. The summed E-state index contributed by atoms with van der Waals surface area (Å²) >= 11 is 0. The second-order valence-electron chi connectivity index (χ2n) is 7.19. The van der Waals surface area contributed by atoms with Gasteiger partial charge in [0.25, 0.3) is 0 Å². The zero-order chi connectivity index (χ0) is 20.0. The van der Waals surface area contributed by atoms with Crippen LogP contribution in [0, 0.1) is 15.5 Å². The molecule has 0 heterocycles. The van der Waals surface area contributed by atoms with Gasteiger partial charge in [-0.05, 0) is 43.9 Å². The standard InChI is InChI=1S/C20H24N2O5/c1-20(2,19(23)24)12-16(21)10-15-8-9-18(17(11-15)22(25)26)27-13-14-6-4-3-5-7-14/h3-9,11,16H,10,12-13,21H2,1-2H3,(H,23,24)/t16-/m0/s1. The van der Waals surface area contributed by atoms with Gasteiger partial charge in [-0.25, -0.2) is 0 Å². The van der Waals surface area contributed by atoms with E-state index in [9.17, 15) is 20.0 Å². The highest BCUT2D eigenvalue weighted by Crippen LogP contribution is 2.30. The van der Waals surface area contributed by atoms with E-state index < -0.39 is 22.3 Å². The third kappa shape index (κ3) is 5.79. The maximum atomic E-state index is 11.4. The van der Waals surface area contributed by atoms with Gasteiger partial charge in [0.15, 0.2) is 5.75 Å². The van der Waals surface area contributed by atoms with Crippen molar-refractivity contribution >= 4 is 11.7 Å². The lowest BCUT2D eigenvalue weighted by atomic mass is 9.84. The maximum Gasteiger partial charge on any atom is 0.311 e. The van der Waals surface area contributed by atoms with Gasteiger partial charge < -0.3 is 15.6 Å². The lowest BCUT2D eigenvalue weighted by molar-refractivity contribution is -0.386. The molecule has 2 aromatic rings. The normalized spacial score (nSPS) is 12.4. The fourth-order valence-electron chi connectivity index (χ4n) is 2.81. The van der Waals surface area contributed by atoms with Gasteiger partial charge in [0.05, 0.1) is 10.3 Å². The van der Waals surface area contributed by atoms with Crippen LogP contribution in [0.25, 0.3) is 0 Å². The van der Waals surface area contributed by atoms with Crippen molar-refractivity contribution in [1.82, 2.24) is 0 Å². The molecule has 3 N–H and O–H groups in total. The summed E-state index contributed by atoms with van der Waals surface area (Å²) in [4.78, 5) is 22.1. The highest BCUT2D eigenvalue weighted by molar-refractivity contribution is 5.73. The minimum Gasteiger partial charge on any atom is -0.482 e. The van der Waals surface area contributed by atoms with Crippen LogP contribution < -0.4 is 10.5 Å². The van der Waals surface area contributed by atoms with Gasteiger partial charge in [0, 0.05) is 12.1 Å². The van der Waals surface area contributed by atoms with Gasteiger partial charge in [-0.1, -0.05) is 36.4 Å². The number of carboxylic acids is 1. The van der Waals surface area contributed by atoms with Crippen LogP contribution in [0.4, 0.5) is 5.69 Å². The van der Waals surface area contributed by atoms with E-state index in [0.717, 1.165) is 5.56 Å². The third-order valence-corrected chi connectivity index (χ3v) is 4.31. The highest BCUT2D eigenvalue weighted by atomic mass is 16.6. The Balaban J connectivity index is 2.10. The second kappa shape index (κ2) is 8.64. The van der Waals surface area contributed by atoms with Crippen LogP contribution in [-0.4, -0.2) is 22.0 Å². The summed E-state index contributed by atoms with van der Waals surface area (Å²) in [6, 6.07) is 13.7. The molecule has 0 fully saturated rings. The number of nitro benzene ring substituents is 1. The van der Waals surface area contributed by atoms with Crippen LogP contribution in [-0.2, 0) is 17.8 Å². The summed E-state index contributed by atoms with van der Waals surface area (Å²) in [6.07, 6.45) is 0.610. The Morgan fingerprint density at radius 1 is 1.22 bits per heavy atom. The van der Waals surface area contributed by atoms with Crippen molar-refractivity contribution in [1.29, 1.82) is 0 Å². The number of rotatable bonds is 9. The van der Waals surface area contributed by atoms with Gasteiger partial charge >= 0.3 is 11.7 Å². The molecule has 0 amide bonds.